The van der Waals surface area contributed by atoms with Gasteiger partial charge in [0, 0.05) is 24.2 Å². The van der Waals surface area contributed by atoms with E-state index in [4.69, 9.17) is 16.0 Å². The number of sulfonamides is 1. The maximum Gasteiger partial charge on any atom is 0.419 e. The standard InChI is InChI=1S/C16H15ClN2O4S/c1-10(11-3-5-12(17)6-4-11)18-24(21,22)13-7-8-14-15(9-13)23-16(20)19(14)2/h3-10,18H,1-2H3/t10-/m0/s1. The third-order valence-corrected chi connectivity index (χ3v) is 5.57. The summed E-state index contributed by atoms with van der Waals surface area (Å²) in [5.41, 5.74) is 1.55. The fourth-order valence-corrected chi connectivity index (χ4v) is 3.77. The molecule has 2 aromatic carbocycles. The third kappa shape index (κ3) is 3.10. The van der Waals surface area contributed by atoms with Crippen molar-refractivity contribution in [2.24, 2.45) is 7.05 Å². The second kappa shape index (κ2) is 6.08. The van der Waals surface area contributed by atoms with Gasteiger partial charge in [-0.3, -0.25) is 4.57 Å². The van der Waals surface area contributed by atoms with Gasteiger partial charge in [0.15, 0.2) is 5.58 Å². The minimum atomic E-state index is -3.77. The molecule has 3 aromatic rings. The van der Waals surface area contributed by atoms with Crippen LogP contribution in [0.1, 0.15) is 18.5 Å². The van der Waals surface area contributed by atoms with Gasteiger partial charge in [-0.1, -0.05) is 23.7 Å². The van der Waals surface area contributed by atoms with Crippen LogP contribution in [-0.2, 0) is 17.1 Å². The first-order chi connectivity index (χ1) is 11.3. The van der Waals surface area contributed by atoms with Crippen molar-refractivity contribution in [3.8, 4) is 0 Å². The minimum Gasteiger partial charge on any atom is -0.408 e. The second-order valence-corrected chi connectivity index (χ2v) is 7.60. The number of aryl methyl sites for hydroxylation is 1. The topological polar surface area (TPSA) is 81.3 Å². The summed E-state index contributed by atoms with van der Waals surface area (Å²) >= 11 is 5.84. The summed E-state index contributed by atoms with van der Waals surface area (Å²) in [5, 5.41) is 0.582. The minimum absolute atomic E-state index is 0.0326. The lowest BCUT2D eigenvalue weighted by atomic mass is 10.1. The van der Waals surface area contributed by atoms with Gasteiger partial charge in [-0.25, -0.2) is 17.9 Å². The third-order valence-electron chi connectivity index (χ3n) is 3.78. The predicted octanol–water partition coefficient (Wildman–Crippen LogP) is 2.82. The molecule has 6 nitrogen and oxygen atoms in total. The SMILES string of the molecule is C[C@H](NS(=O)(=O)c1ccc2c(c1)oc(=O)n2C)c1ccc(Cl)cc1. The summed E-state index contributed by atoms with van der Waals surface area (Å²) in [4.78, 5) is 11.5. The summed E-state index contributed by atoms with van der Waals surface area (Å²) in [6, 6.07) is 10.8. The van der Waals surface area contributed by atoms with Crippen LogP contribution in [0.2, 0.25) is 5.02 Å². The summed E-state index contributed by atoms with van der Waals surface area (Å²) in [6.07, 6.45) is 0. The smallest absolute Gasteiger partial charge is 0.408 e. The number of nitrogens with one attached hydrogen (secondary N) is 1. The lowest BCUT2D eigenvalue weighted by Crippen LogP contribution is -2.26. The Morgan fingerprint density at radius 1 is 1.17 bits per heavy atom. The summed E-state index contributed by atoms with van der Waals surface area (Å²) in [7, 11) is -2.21. The number of hydrogen-bond acceptors (Lipinski definition) is 4. The Morgan fingerprint density at radius 3 is 2.50 bits per heavy atom. The second-order valence-electron chi connectivity index (χ2n) is 5.45. The van der Waals surface area contributed by atoms with Crippen LogP contribution in [0.3, 0.4) is 0 Å². The van der Waals surface area contributed by atoms with Crippen molar-refractivity contribution in [3.63, 3.8) is 0 Å². The van der Waals surface area contributed by atoms with Crippen LogP contribution < -0.4 is 10.5 Å². The molecule has 0 saturated heterocycles. The number of benzene rings is 2. The molecular formula is C16H15ClN2O4S. The van der Waals surface area contributed by atoms with E-state index in [0.29, 0.717) is 10.5 Å². The Kier molecular flexibility index (Phi) is 4.25. The molecular weight excluding hydrogens is 352 g/mol. The van der Waals surface area contributed by atoms with Crippen molar-refractivity contribution in [1.29, 1.82) is 0 Å². The Labute approximate surface area is 143 Å². The van der Waals surface area contributed by atoms with Gasteiger partial charge < -0.3 is 4.42 Å². The average Bonchev–Trinajstić information content (AvgIpc) is 2.82. The molecule has 0 unspecified atom stereocenters. The maximum atomic E-state index is 12.6. The van der Waals surface area contributed by atoms with Crippen LogP contribution in [0, 0.1) is 0 Å². The molecule has 1 N–H and O–H groups in total. The first-order valence-electron chi connectivity index (χ1n) is 7.15. The van der Waals surface area contributed by atoms with Crippen LogP contribution in [0.25, 0.3) is 11.1 Å². The van der Waals surface area contributed by atoms with E-state index in [0.717, 1.165) is 5.56 Å². The molecule has 8 heteroatoms. The fraction of sp³-hybridized carbons (Fsp3) is 0.188. The molecule has 0 radical (unpaired) electrons. The van der Waals surface area contributed by atoms with Gasteiger partial charge in [-0.2, -0.15) is 0 Å². The Hall–Kier alpha value is -2.09. The van der Waals surface area contributed by atoms with E-state index in [1.54, 1.807) is 44.3 Å². The quantitative estimate of drug-likeness (QED) is 0.769. The number of aromatic nitrogens is 1. The zero-order chi connectivity index (χ0) is 17.5. The fourth-order valence-electron chi connectivity index (χ4n) is 2.40. The number of hydrogen-bond donors (Lipinski definition) is 1. The van der Waals surface area contributed by atoms with Gasteiger partial charge in [0.25, 0.3) is 0 Å². The molecule has 126 valence electrons. The zero-order valence-electron chi connectivity index (χ0n) is 13.0. The van der Waals surface area contributed by atoms with Crippen LogP contribution >= 0.6 is 11.6 Å². The monoisotopic (exact) mass is 366 g/mol. The number of rotatable bonds is 4. The van der Waals surface area contributed by atoms with E-state index in [1.165, 1.54) is 16.7 Å². The highest BCUT2D eigenvalue weighted by Crippen LogP contribution is 2.21. The van der Waals surface area contributed by atoms with Gasteiger partial charge in [-0.15, -0.1) is 0 Å². The Morgan fingerprint density at radius 2 is 1.83 bits per heavy atom. The van der Waals surface area contributed by atoms with E-state index in [1.807, 2.05) is 0 Å². The highest BCUT2D eigenvalue weighted by molar-refractivity contribution is 7.89. The number of nitrogens with zero attached hydrogens (tertiary/aromatic N) is 1. The molecule has 1 heterocycles. The zero-order valence-corrected chi connectivity index (χ0v) is 14.6. The first-order valence-corrected chi connectivity index (χ1v) is 9.01. The molecule has 0 fully saturated rings. The molecule has 0 saturated carbocycles. The van der Waals surface area contributed by atoms with Gasteiger partial charge in [0.2, 0.25) is 10.0 Å². The summed E-state index contributed by atoms with van der Waals surface area (Å²) in [6.45, 7) is 1.74. The molecule has 24 heavy (non-hydrogen) atoms. The van der Waals surface area contributed by atoms with Crippen molar-refractivity contribution >= 4 is 32.7 Å². The van der Waals surface area contributed by atoms with Gasteiger partial charge in [0.1, 0.15) is 0 Å². The van der Waals surface area contributed by atoms with E-state index in [9.17, 15) is 13.2 Å². The summed E-state index contributed by atoms with van der Waals surface area (Å²) < 4.78 is 34.1. The maximum absolute atomic E-state index is 12.6. The summed E-state index contributed by atoms with van der Waals surface area (Å²) in [5.74, 6) is -0.540. The van der Waals surface area contributed by atoms with Crippen molar-refractivity contribution in [2.45, 2.75) is 17.9 Å². The largest absolute Gasteiger partial charge is 0.419 e. The number of oxazole rings is 1. The molecule has 1 atom stereocenters. The highest BCUT2D eigenvalue weighted by atomic mass is 35.5. The first kappa shape index (κ1) is 16.8. The van der Waals surface area contributed by atoms with E-state index >= 15 is 0 Å². The normalized spacial score (nSPS) is 13.3. The van der Waals surface area contributed by atoms with E-state index in [2.05, 4.69) is 4.72 Å². The van der Waals surface area contributed by atoms with Crippen LogP contribution in [0.5, 0.6) is 0 Å². The number of halogens is 1. The van der Waals surface area contributed by atoms with E-state index in [-0.39, 0.29) is 10.5 Å². The van der Waals surface area contributed by atoms with Crippen LogP contribution in [0.15, 0.2) is 56.6 Å². The highest BCUT2D eigenvalue weighted by Gasteiger charge is 2.20. The lowest BCUT2D eigenvalue weighted by molar-refractivity contribution is 0.527. The van der Waals surface area contributed by atoms with Crippen molar-refractivity contribution in [3.05, 3.63) is 63.6 Å². The Bertz CT molecular complexity index is 1050. The molecule has 1 aromatic heterocycles. The molecule has 0 aliphatic rings. The average molecular weight is 367 g/mol. The van der Waals surface area contributed by atoms with Crippen LogP contribution in [-0.4, -0.2) is 13.0 Å². The van der Waals surface area contributed by atoms with Gasteiger partial charge >= 0.3 is 5.76 Å². The van der Waals surface area contributed by atoms with Crippen molar-refractivity contribution in [1.82, 2.24) is 9.29 Å². The number of fused-ring (bicyclic) bond motifs is 1. The predicted molar refractivity (Wildman–Crippen MR) is 91.6 cm³/mol. The van der Waals surface area contributed by atoms with Gasteiger partial charge in [0.05, 0.1) is 10.4 Å². The van der Waals surface area contributed by atoms with Crippen molar-refractivity contribution < 1.29 is 12.8 Å². The Balaban J connectivity index is 1.92. The van der Waals surface area contributed by atoms with Crippen molar-refractivity contribution in [2.75, 3.05) is 0 Å². The molecule has 0 aliphatic heterocycles. The lowest BCUT2D eigenvalue weighted by Gasteiger charge is -2.14. The molecule has 0 aliphatic carbocycles. The molecule has 3 rings (SSSR count). The van der Waals surface area contributed by atoms with E-state index < -0.39 is 21.8 Å². The van der Waals surface area contributed by atoms with Gasteiger partial charge in [-0.05, 0) is 36.8 Å². The molecule has 0 spiro atoms. The molecule has 0 bridgehead atoms. The van der Waals surface area contributed by atoms with Crippen LogP contribution in [0.4, 0.5) is 0 Å². The molecule has 0 amide bonds.